The first-order valence-electron chi connectivity index (χ1n) is 9.18. The minimum Gasteiger partial charge on any atom is -0.316 e. The van der Waals surface area contributed by atoms with Gasteiger partial charge in [0.2, 0.25) is 5.91 Å². The van der Waals surface area contributed by atoms with Crippen LogP contribution in [0.2, 0.25) is 0 Å². The molecule has 3 aromatic rings. The number of carbonyl (C=O) groups excluding carboxylic acids is 1. The van der Waals surface area contributed by atoms with Crippen LogP contribution in [0.3, 0.4) is 0 Å². The standard InChI is InChI=1S/C21H20FN3O3S.ClH/c1-23-13-15-11-20(18-7-2-3-8-19(18)22)25(14-15)29(27,28)17-6-4-5-16(12-17)24-10-9-21(24)26;/h2-8,11-12,14,23H,9-10,13H2,1H3;1H. The Morgan fingerprint density at radius 3 is 2.50 bits per heavy atom. The molecule has 0 unspecified atom stereocenters. The van der Waals surface area contributed by atoms with Crippen LogP contribution in [0.25, 0.3) is 11.3 Å². The summed E-state index contributed by atoms with van der Waals surface area (Å²) < 4.78 is 42.4. The van der Waals surface area contributed by atoms with Crippen LogP contribution in [-0.4, -0.2) is 31.9 Å². The van der Waals surface area contributed by atoms with E-state index in [0.29, 0.717) is 30.8 Å². The second kappa shape index (κ2) is 8.59. The topological polar surface area (TPSA) is 71.4 Å². The van der Waals surface area contributed by atoms with Gasteiger partial charge >= 0.3 is 0 Å². The molecule has 1 aromatic heterocycles. The number of hydrogen-bond donors (Lipinski definition) is 1. The van der Waals surface area contributed by atoms with E-state index < -0.39 is 15.8 Å². The molecule has 1 aliphatic rings. The SMILES string of the molecule is CNCc1cc(-c2ccccc2F)n(S(=O)(=O)c2cccc(N3CCC3=O)c2)c1.Cl. The van der Waals surface area contributed by atoms with Crippen LogP contribution < -0.4 is 10.2 Å². The summed E-state index contributed by atoms with van der Waals surface area (Å²) in [4.78, 5) is 13.3. The molecule has 1 saturated heterocycles. The third-order valence-corrected chi connectivity index (χ3v) is 6.58. The van der Waals surface area contributed by atoms with Crippen LogP contribution in [0.5, 0.6) is 0 Å². The highest BCUT2D eigenvalue weighted by Gasteiger charge is 2.28. The Bertz CT molecular complexity index is 1190. The highest BCUT2D eigenvalue weighted by molar-refractivity contribution is 7.90. The Balaban J connectivity index is 0.00000256. The van der Waals surface area contributed by atoms with E-state index in [1.165, 1.54) is 24.4 Å². The summed E-state index contributed by atoms with van der Waals surface area (Å²) in [6.45, 7) is 1.00. The van der Waals surface area contributed by atoms with E-state index in [4.69, 9.17) is 0 Å². The highest BCUT2D eigenvalue weighted by atomic mass is 35.5. The van der Waals surface area contributed by atoms with Gasteiger partial charge in [0.1, 0.15) is 5.82 Å². The maximum atomic E-state index is 14.4. The monoisotopic (exact) mass is 449 g/mol. The van der Waals surface area contributed by atoms with Crippen LogP contribution in [-0.2, 0) is 21.4 Å². The van der Waals surface area contributed by atoms with E-state index in [-0.39, 0.29) is 34.5 Å². The molecule has 0 bridgehead atoms. The van der Waals surface area contributed by atoms with E-state index in [1.54, 1.807) is 48.3 Å². The molecule has 158 valence electrons. The summed E-state index contributed by atoms with van der Waals surface area (Å²) in [6, 6.07) is 14.0. The summed E-state index contributed by atoms with van der Waals surface area (Å²) in [5.41, 5.74) is 1.70. The van der Waals surface area contributed by atoms with E-state index in [1.807, 2.05) is 0 Å². The average molecular weight is 450 g/mol. The van der Waals surface area contributed by atoms with Gasteiger partial charge in [-0.05, 0) is 49.0 Å². The minimum absolute atomic E-state index is 0. The highest BCUT2D eigenvalue weighted by Crippen LogP contribution is 2.31. The van der Waals surface area contributed by atoms with Crippen molar-refractivity contribution in [2.75, 3.05) is 18.5 Å². The van der Waals surface area contributed by atoms with E-state index in [0.717, 1.165) is 3.97 Å². The van der Waals surface area contributed by atoms with Gasteiger partial charge in [0.05, 0.1) is 10.6 Å². The molecule has 2 heterocycles. The fraction of sp³-hybridized carbons (Fsp3) is 0.190. The smallest absolute Gasteiger partial charge is 0.268 e. The van der Waals surface area contributed by atoms with Crippen LogP contribution >= 0.6 is 12.4 Å². The van der Waals surface area contributed by atoms with Crippen molar-refractivity contribution >= 4 is 34.0 Å². The molecule has 4 rings (SSSR count). The number of carbonyl (C=O) groups is 1. The lowest BCUT2D eigenvalue weighted by molar-refractivity contribution is -0.122. The van der Waals surface area contributed by atoms with Crippen LogP contribution in [0.4, 0.5) is 10.1 Å². The maximum absolute atomic E-state index is 14.4. The number of nitrogens with one attached hydrogen (secondary N) is 1. The Morgan fingerprint density at radius 1 is 1.10 bits per heavy atom. The summed E-state index contributed by atoms with van der Waals surface area (Å²) in [5, 5.41) is 2.98. The third kappa shape index (κ3) is 3.86. The molecule has 1 fully saturated rings. The maximum Gasteiger partial charge on any atom is 0.268 e. The number of hydrogen-bond acceptors (Lipinski definition) is 4. The molecule has 9 heteroatoms. The number of anilines is 1. The molecule has 1 aliphatic heterocycles. The summed E-state index contributed by atoms with van der Waals surface area (Å²) in [6.07, 6.45) is 1.95. The number of amides is 1. The van der Waals surface area contributed by atoms with Crippen LogP contribution in [0, 0.1) is 5.82 Å². The Hall–Kier alpha value is -2.68. The van der Waals surface area contributed by atoms with Gasteiger partial charge in [-0.15, -0.1) is 12.4 Å². The number of benzene rings is 2. The van der Waals surface area contributed by atoms with Gasteiger partial charge in [-0.25, -0.2) is 16.8 Å². The van der Waals surface area contributed by atoms with Crippen LogP contribution in [0.1, 0.15) is 12.0 Å². The molecule has 0 radical (unpaired) electrons. The van der Waals surface area contributed by atoms with Crippen molar-refractivity contribution in [1.29, 1.82) is 0 Å². The first-order valence-corrected chi connectivity index (χ1v) is 10.6. The zero-order chi connectivity index (χ0) is 20.6. The largest absolute Gasteiger partial charge is 0.316 e. The summed E-state index contributed by atoms with van der Waals surface area (Å²) in [5.74, 6) is -0.540. The molecule has 0 saturated carbocycles. The van der Waals surface area contributed by atoms with Crippen molar-refractivity contribution in [3.63, 3.8) is 0 Å². The number of nitrogens with zero attached hydrogens (tertiary/aromatic N) is 2. The number of rotatable bonds is 6. The van der Waals surface area contributed by atoms with Gasteiger partial charge in [-0.3, -0.25) is 4.79 Å². The second-order valence-corrected chi connectivity index (χ2v) is 8.65. The van der Waals surface area contributed by atoms with Crippen molar-refractivity contribution < 1.29 is 17.6 Å². The minimum atomic E-state index is -4.01. The van der Waals surface area contributed by atoms with Gasteiger partial charge in [-0.2, -0.15) is 0 Å². The first kappa shape index (κ1) is 22.0. The zero-order valence-corrected chi connectivity index (χ0v) is 17.8. The molecule has 6 nitrogen and oxygen atoms in total. The Kier molecular flexibility index (Phi) is 6.30. The third-order valence-electron chi connectivity index (χ3n) is 4.91. The molecule has 0 aliphatic carbocycles. The normalized spacial score (nSPS) is 13.7. The predicted molar refractivity (Wildman–Crippen MR) is 116 cm³/mol. The quantitative estimate of drug-likeness (QED) is 0.585. The lowest BCUT2D eigenvalue weighted by atomic mass is 10.1. The predicted octanol–water partition coefficient (Wildman–Crippen LogP) is 3.41. The van der Waals surface area contributed by atoms with Gasteiger partial charge in [0.25, 0.3) is 10.0 Å². The lowest BCUT2D eigenvalue weighted by Gasteiger charge is -2.30. The Morgan fingerprint density at radius 2 is 1.87 bits per heavy atom. The number of halogens is 2. The average Bonchev–Trinajstić information content (AvgIpc) is 3.12. The molecule has 0 atom stereocenters. The van der Waals surface area contributed by atoms with E-state index in [9.17, 15) is 17.6 Å². The van der Waals surface area contributed by atoms with Crippen molar-refractivity contribution in [1.82, 2.24) is 9.29 Å². The summed E-state index contributed by atoms with van der Waals surface area (Å²) >= 11 is 0. The number of aromatic nitrogens is 1. The fourth-order valence-electron chi connectivity index (χ4n) is 3.38. The van der Waals surface area contributed by atoms with Crippen molar-refractivity contribution in [2.45, 2.75) is 17.9 Å². The van der Waals surface area contributed by atoms with Crippen molar-refractivity contribution in [3.8, 4) is 11.3 Å². The fourth-order valence-corrected chi connectivity index (χ4v) is 4.81. The molecule has 1 amide bonds. The molecule has 30 heavy (non-hydrogen) atoms. The first-order chi connectivity index (χ1) is 13.9. The second-order valence-electron chi connectivity index (χ2n) is 6.84. The molecular weight excluding hydrogens is 429 g/mol. The summed E-state index contributed by atoms with van der Waals surface area (Å²) in [7, 11) is -2.25. The molecule has 1 N–H and O–H groups in total. The Labute approximate surface area is 180 Å². The van der Waals surface area contributed by atoms with Crippen molar-refractivity contribution in [2.24, 2.45) is 0 Å². The molecule has 2 aromatic carbocycles. The van der Waals surface area contributed by atoms with Crippen LogP contribution in [0.15, 0.2) is 65.7 Å². The lowest BCUT2D eigenvalue weighted by Crippen LogP contribution is -2.43. The van der Waals surface area contributed by atoms with Gasteiger partial charge in [0, 0.05) is 37.0 Å². The van der Waals surface area contributed by atoms with E-state index in [2.05, 4.69) is 5.32 Å². The van der Waals surface area contributed by atoms with Gasteiger partial charge in [0.15, 0.2) is 0 Å². The zero-order valence-electron chi connectivity index (χ0n) is 16.2. The van der Waals surface area contributed by atoms with Gasteiger partial charge < -0.3 is 10.2 Å². The van der Waals surface area contributed by atoms with E-state index >= 15 is 0 Å². The number of β-lactam (4-membered cyclic amide) rings is 1. The molecular formula is C21H21ClFN3O3S. The van der Waals surface area contributed by atoms with Crippen molar-refractivity contribution in [3.05, 3.63) is 72.2 Å². The van der Waals surface area contributed by atoms with Gasteiger partial charge in [-0.1, -0.05) is 18.2 Å². The molecule has 0 spiro atoms.